The first-order valence-electron chi connectivity index (χ1n) is 8.64. The van der Waals surface area contributed by atoms with Crippen molar-refractivity contribution in [3.8, 4) is 0 Å². The minimum Gasteiger partial charge on any atom is -0.465 e. The summed E-state index contributed by atoms with van der Waals surface area (Å²) in [5.41, 5.74) is 6.99. The van der Waals surface area contributed by atoms with Crippen LogP contribution in [-0.4, -0.2) is 42.3 Å². The Hall–Kier alpha value is -1.77. The van der Waals surface area contributed by atoms with Crippen LogP contribution in [0.1, 0.15) is 50.5 Å². The molecule has 0 spiro atoms. The highest BCUT2D eigenvalue weighted by Gasteiger charge is 2.52. The molecule has 27 heavy (non-hydrogen) atoms. The highest BCUT2D eigenvalue weighted by atomic mass is 32.2. The third-order valence-electron chi connectivity index (χ3n) is 4.82. The zero-order valence-electron chi connectivity index (χ0n) is 16.6. The Bertz CT molecular complexity index is 759. The summed E-state index contributed by atoms with van der Waals surface area (Å²) in [6.07, 6.45) is 1.81. The van der Waals surface area contributed by atoms with Gasteiger partial charge in [-0.15, -0.1) is 0 Å². The number of carbonyl (C=O) groups excluding carboxylic acids is 2. The number of hydrogen-bond acceptors (Lipinski definition) is 7. The van der Waals surface area contributed by atoms with Gasteiger partial charge in [0.1, 0.15) is 0 Å². The maximum atomic E-state index is 12.1. The smallest absolute Gasteiger partial charge is 0.465 e. The van der Waals surface area contributed by atoms with E-state index in [-0.39, 0.29) is 5.12 Å². The Kier molecular flexibility index (Phi) is 6.45. The first kappa shape index (κ1) is 21.5. The lowest BCUT2D eigenvalue weighted by atomic mass is 9.78. The van der Waals surface area contributed by atoms with E-state index < -0.39 is 24.3 Å². The summed E-state index contributed by atoms with van der Waals surface area (Å²) in [6.45, 7) is 9.37. The Labute approximate surface area is 164 Å². The molecule has 6 nitrogen and oxygen atoms in total. The number of anilines is 1. The fourth-order valence-electron chi connectivity index (χ4n) is 2.54. The third-order valence-corrected chi connectivity index (χ3v) is 5.71. The van der Waals surface area contributed by atoms with Crippen molar-refractivity contribution in [3.05, 3.63) is 34.8 Å². The van der Waals surface area contributed by atoms with Crippen LogP contribution in [0.2, 0.25) is 0 Å². The van der Waals surface area contributed by atoms with E-state index in [0.29, 0.717) is 22.6 Å². The van der Waals surface area contributed by atoms with Crippen LogP contribution in [0.3, 0.4) is 0 Å². The number of ether oxygens (including phenoxy) is 1. The molecule has 1 aliphatic rings. The van der Waals surface area contributed by atoms with Crippen molar-refractivity contribution >= 4 is 41.7 Å². The van der Waals surface area contributed by atoms with E-state index in [0.717, 1.165) is 17.2 Å². The van der Waals surface area contributed by atoms with E-state index in [4.69, 9.17) is 19.8 Å². The van der Waals surface area contributed by atoms with Gasteiger partial charge in [0.05, 0.1) is 23.9 Å². The maximum Gasteiger partial charge on any atom is 0.491 e. The van der Waals surface area contributed by atoms with Crippen molar-refractivity contribution in [2.24, 2.45) is 0 Å². The second-order valence-corrected chi connectivity index (χ2v) is 8.58. The molecule has 1 heterocycles. The van der Waals surface area contributed by atoms with Crippen LogP contribution < -0.4 is 5.73 Å². The van der Waals surface area contributed by atoms with Crippen molar-refractivity contribution in [1.82, 2.24) is 0 Å². The molecule has 0 saturated carbocycles. The number of hydrogen-bond donors (Lipinski definition) is 1. The highest BCUT2D eigenvalue weighted by molar-refractivity contribution is 8.13. The molecule has 1 aliphatic heterocycles. The first-order chi connectivity index (χ1) is 12.5. The van der Waals surface area contributed by atoms with E-state index in [9.17, 15) is 9.59 Å². The van der Waals surface area contributed by atoms with Crippen molar-refractivity contribution < 1.29 is 23.6 Å². The molecule has 2 N–H and O–H groups in total. The number of carbonyl (C=O) groups is 2. The molecule has 1 aromatic rings. The number of nitrogens with two attached hydrogens (primary N) is 1. The van der Waals surface area contributed by atoms with Gasteiger partial charge in [0.2, 0.25) is 0 Å². The van der Waals surface area contributed by atoms with Gasteiger partial charge in [-0.05, 0) is 50.9 Å². The van der Waals surface area contributed by atoms with Crippen LogP contribution in [0.4, 0.5) is 5.69 Å². The first-order valence-corrected chi connectivity index (χ1v) is 9.62. The molecular formula is C19H26BNO5S. The largest absolute Gasteiger partial charge is 0.491 e. The number of nitrogen functional groups attached to an aromatic ring is 1. The fraction of sp³-hybridized carbons (Fsp3) is 0.474. The van der Waals surface area contributed by atoms with Crippen LogP contribution in [-0.2, 0) is 18.8 Å². The van der Waals surface area contributed by atoms with Gasteiger partial charge in [0, 0.05) is 18.4 Å². The van der Waals surface area contributed by atoms with Crippen molar-refractivity contribution in [1.29, 1.82) is 0 Å². The monoisotopic (exact) mass is 391 g/mol. The standard InChI is InChI=1S/C19H26BNO5S/c1-12(22)27-11-14(20-25-18(2,3)19(4,5)26-20)9-13-7-8-15(21)10-16(13)17(23)24-6/h7-10H,11,21H2,1-6H3. The van der Waals surface area contributed by atoms with Gasteiger partial charge in [-0.3, -0.25) is 4.79 Å². The second kappa shape index (κ2) is 8.08. The summed E-state index contributed by atoms with van der Waals surface area (Å²) in [7, 11) is 0.699. The molecule has 1 aromatic carbocycles. The van der Waals surface area contributed by atoms with Gasteiger partial charge in [0.15, 0.2) is 5.12 Å². The Morgan fingerprint density at radius 1 is 1.22 bits per heavy atom. The molecule has 0 unspecified atom stereocenters. The zero-order valence-corrected chi connectivity index (χ0v) is 17.4. The number of benzene rings is 1. The molecule has 1 saturated heterocycles. The maximum absolute atomic E-state index is 12.1. The lowest BCUT2D eigenvalue weighted by Gasteiger charge is -2.32. The summed E-state index contributed by atoms with van der Waals surface area (Å²) < 4.78 is 17.1. The zero-order chi connectivity index (χ0) is 20.4. The van der Waals surface area contributed by atoms with Crippen LogP contribution >= 0.6 is 11.8 Å². The average molecular weight is 391 g/mol. The molecule has 0 atom stereocenters. The van der Waals surface area contributed by atoms with Crippen LogP contribution in [0.5, 0.6) is 0 Å². The van der Waals surface area contributed by atoms with E-state index in [1.165, 1.54) is 14.0 Å². The van der Waals surface area contributed by atoms with Crippen molar-refractivity contribution in [2.75, 3.05) is 18.6 Å². The Morgan fingerprint density at radius 2 is 1.81 bits per heavy atom. The minimum absolute atomic E-state index is 0.0112. The molecule has 0 amide bonds. The van der Waals surface area contributed by atoms with Crippen LogP contribution in [0, 0.1) is 0 Å². The van der Waals surface area contributed by atoms with Crippen LogP contribution in [0.25, 0.3) is 6.08 Å². The molecule has 1 fully saturated rings. The van der Waals surface area contributed by atoms with Gasteiger partial charge in [-0.1, -0.05) is 23.9 Å². The lowest BCUT2D eigenvalue weighted by Crippen LogP contribution is -2.41. The van der Waals surface area contributed by atoms with Gasteiger partial charge >= 0.3 is 13.1 Å². The fourth-order valence-corrected chi connectivity index (χ4v) is 3.13. The van der Waals surface area contributed by atoms with Gasteiger partial charge < -0.3 is 19.8 Å². The molecule has 0 aliphatic carbocycles. The number of methoxy groups -OCH3 is 1. The Balaban J connectivity index is 2.46. The van der Waals surface area contributed by atoms with Gasteiger partial charge in [-0.25, -0.2) is 4.79 Å². The van der Waals surface area contributed by atoms with Crippen molar-refractivity contribution in [3.63, 3.8) is 0 Å². The highest BCUT2D eigenvalue weighted by Crippen LogP contribution is 2.39. The quantitative estimate of drug-likeness (QED) is 0.468. The minimum atomic E-state index is -0.620. The van der Waals surface area contributed by atoms with E-state index in [1.807, 2.05) is 33.8 Å². The molecule has 0 bridgehead atoms. The Morgan fingerprint density at radius 3 is 2.33 bits per heavy atom. The topological polar surface area (TPSA) is 87.9 Å². The average Bonchev–Trinajstić information content (AvgIpc) is 2.79. The summed E-state index contributed by atoms with van der Waals surface area (Å²) in [4.78, 5) is 23.6. The van der Waals surface area contributed by atoms with Crippen molar-refractivity contribution in [2.45, 2.75) is 45.8 Å². The van der Waals surface area contributed by atoms with E-state index in [2.05, 4.69) is 0 Å². The SMILES string of the molecule is COC(=O)c1cc(N)ccc1C=C(CSC(C)=O)B1OC(C)(C)C(C)(C)O1. The predicted molar refractivity (Wildman–Crippen MR) is 109 cm³/mol. The molecule has 0 aromatic heterocycles. The van der Waals surface area contributed by atoms with E-state index in [1.54, 1.807) is 18.2 Å². The summed E-state index contributed by atoms with van der Waals surface area (Å²) in [6, 6.07) is 5.02. The van der Waals surface area contributed by atoms with Gasteiger partial charge in [-0.2, -0.15) is 0 Å². The molecule has 0 radical (unpaired) electrons. The van der Waals surface area contributed by atoms with E-state index >= 15 is 0 Å². The second-order valence-electron chi connectivity index (χ2n) is 7.43. The molecule has 8 heteroatoms. The third kappa shape index (κ3) is 4.94. The summed E-state index contributed by atoms with van der Waals surface area (Å²) >= 11 is 1.16. The number of rotatable bonds is 5. The lowest BCUT2D eigenvalue weighted by molar-refractivity contribution is -0.109. The van der Waals surface area contributed by atoms with Crippen LogP contribution in [0.15, 0.2) is 23.7 Å². The van der Waals surface area contributed by atoms with Gasteiger partial charge in [0.25, 0.3) is 0 Å². The summed E-state index contributed by atoms with van der Waals surface area (Å²) in [5, 5.41) is -0.0112. The summed E-state index contributed by atoms with van der Waals surface area (Å²) in [5.74, 6) is -0.0991. The number of esters is 1. The number of thioether (sulfide) groups is 1. The predicted octanol–water partition coefficient (Wildman–Crippen LogP) is 3.35. The molecule has 146 valence electrons. The normalized spacial score (nSPS) is 18.4. The molecule has 2 rings (SSSR count). The molecular weight excluding hydrogens is 365 g/mol.